The lowest BCUT2D eigenvalue weighted by molar-refractivity contribution is -0.122. The van der Waals surface area contributed by atoms with Gasteiger partial charge in [0.2, 0.25) is 5.91 Å². The van der Waals surface area contributed by atoms with Gasteiger partial charge in [-0.3, -0.25) is 9.59 Å². The van der Waals surface area contributed by atoms with Crippen LogP contribution in [0.5, 0.6) is 0 Å². The highest BCUT2D eigenvalue weighted by Crippen LogP contribution is 2.17. The molecular formula is C21H18ClN5O2. The molecule has 4 aromatic rings. The third kappa shape index (κ3) is 3.77. The van der Waals surface area contributed by atoms with Crippen LogP contribution in [0.3, 0.4) is 0 Å². The summed E-state index contributed by atoms with van der Waals surface area (Å²) in [6.07, 6.45) is 1.62. The standard InChI is InChI=1S/C21H18ClN5O2/c1-14-17-12-24-27(16-8-3-2-4-9-16)20(17)21(29)26(25-14)13-19(28)23-11-15-7-5-6-10-18(15)22/h2-10,12H,11,13H2,1H3,(H,23,28). The Bertz CT molecular complexity index is 1250. The fourth-order valence-electron chi connectivity index (χ4n) is 3.12. The highest BCUT2D eigenvalue weighted by molar-refractivity contribution is 6.31. The summed E-state index contributed by atoms with van der Waals surface area (Å²) in [4.78, 5) is 25.5. The second-order valence-electron chi connectivity index (χ2n) is 6.57. The molecule has 8 heteroatoms. The Hall–Kier alpha value is -3.45. The highest BCUT2D eigenvalue weighted by Gasteiger charge is 2.16. The normalized spacial score (nSPS) is 11.0. The average molecular weight is 408 g/mol. The van der Waals surface area contributed by atoms with E-state index in [1.165, 1.54) is 4.68 Å². The van der Waals surface area contributed by atoms with Crippen LogP contribution in [0, 0.1) is 6.92 Å². The number of halogens is 1. The van der Waals surface area contributed by atoms with Gasteiger partial charge in [-0.25, -0.2) is 9.36 Å². The number of carbonyl (C=O) groups excluding carboxylic acids is 1. The van der Waals surface area contributed by atoms with Gasteiger partial charge >= 0.3 is 0 Å². The molecule has 0 aliphatic rings. The maximum atomic E-state index is 13.0. The van der Waals surface area contributed by atoms with Crippen molar-refractivity contribution in [2.75, 3.05) is 0 Å². The van der Waals surface area contributed by atoms with Gasteiger partial charge in [-0.15, -0.1) is 0 Å². The van der Waals surface area contributed by atoms with Crippen LogP contribution in [0.4, 0.5) is 0 Å². The third-order valence-electron chi connectivity index (χ3n) is 4.59. The molecule has 0 saturated carbocycles. The summed E-state index contributed by atoms with van der Waals surface area (Å²) >= 11 is 6.11. The Morgan fingerprint density at radius 3 is 2.59 bits per heavy atom. The number of hydrogen-bond donors (Lipinski definition) is 1. The minimum atomic E-state index is -0.375. The summed E-state index contributed by atoms with van der Waals surface area (Å²) < 4.78 is 2.74. The number of aryl methyl sites for hydroxylation is 1. The molecule has 0 spiro atoms. The van der Waals surface area contributed by atoms with Crippen molar-refractivity contribution in [3.05, 3.63) is 87.4 Å². The van der Waals surface area contributed by atoms with Crippen molar-refractivity contribution in [3.63, 3.8) is 0 Å². The van der Waals surface area contributed by atoms with Crippen molar-refractivity contribution in [1.29, 1.82) is 0 Å². The number of nitrogens with zero attached hydrogens (tertiary/aromatic N) is 4. The van der Waals surface area contributed by atoms with Gasteiger partial charge in [0.05, 0.1) is 17.6 Å². The van der Waals surface area contributed by atoms with Crippen LogP contribution in [0.15, 0.2) is 65.6 Å². The molecular weight excluding hydrogens is 390 g/mol. The first-order chi connectivity index (χ1) is 14.0. The smallest absolute Gasteiger partial charge is 0.293 e. The van der Waals surface area contributed by atoms with Crippen molar-refractivity contribution in [3.8, 4) is 5.69 Å². The van der Waals surface area contributed by atoms with Gasteiger partial charge in [-0.1, -0.05) is 48.0 Å². The van der Waals surface area contributed by atoms with E-state index in [0.29, 0.717) is 21.6 Å². The minimum absolute atomic E-state index is 0.194. The fourth-order valence-corrected chi connectivity index (χ4v) is 3.32. The molecule has 146 valence electrons. The number of amides is 1. The quantitative estimate of drug-likeness (QED) is 0.551. The van der Waals surface area contributed by atoms with Crippen LogP contribution < -0.4 is 10.9 Å². The first-order valence-corrected chi connectivity index (χ1v) is 9.43. The maximum absolute atomic E-state index is 13.0. The summed E-state index contributed by atoms with van der Waals surface area (Å²) in [5.74, 6) is -0.330. The second kappa shape index (κ2) is 7.89. The van der Waals surface area contributed by atoms with Crippen molar-refractivity contribution in [2.24, 2.45) is 0 Å². The molecule has 1 amide bonds. The molecule has 0 saturated heterocycles. The molecule has 0 bridgehead atoms. The minimum Gasteiger partial charge on any atom is -0.350 e. The monoisotopic (exact) mass is 407 g/mol. The van der Waals surface area contributed by atoms with Crippen LogP contribution >= 0.6 is 11.6 Å². The van der Waals surface area contributed by atoms with Gasteiger partial charge in [0, 0.05) is 17.0 Å². The van der Waals surface area contributed by atoms with E-state index in [1.807, 2.05) is 48.5 Å². The number of rotatable bonds is 5. The Morgan fingerprint density at radius 1 is 1.10 bits per heavy atom. The Balaban J connectivity index is 1.62. The van der Waals surface area contributed by atoms with Crippen molar-refractivity contribution in [2.45, 2.75) is 20.0 Å². The number of fused-ring (bicyclic) bond motifs is 1. The van der Waals surface area contributed by atoms with Crippen LogP contribution in [0.2, 0.25) is 5.02 Å². The van der Waals surface area contributed by atoms with Gasteiger partial charge in [0.15, 0.2) is 0 Å². The van der Waals surface area contributed by atoms with E-state index in [-0.39, 0.29) is 24.6 Å². The third-order valence-corrected chi connectivity index (χ3v) is 4.96. The molecule has 7 nitrogen and oxygen atoms in total. The van der Waals surface area contributed by atoms with E-state index in [1.54, 1.807) is 23.9 Å². The average Bonchev–Trinajstić information content (AvgIpc) is 3.18. The SMILES string of the molecule is Cc1nn(CC(=O)NCc2ccccc2Cl)c(=O)c2c1cnn2-c1ccccc1. The lowest BCUT2D eigenvalue weighted by atomic mass is 10.2. The first-order valence-electron chi connectivity index (χ1n) is 9.05. The van der Waals surface area contributed by atoms with E-state index in [0.717, 1.165) is 11.3 Å². The number of aromatic nitrogens is 4. The van der Waals surface area contributed by atoms with Crippen molar-refractivity contribution in [1.82, 2.24) is 24.9 Å². The van der Waals surface area contributed by atoms with Crippen LogP contribution in [-0.2, 0) is 17.9 Å². The molecule has 2 aromatic heterocycles. The second-order valence-corrected chi connectivity index (χ2v) is 6.98. The Labute approximate surface area is 171 Å². The summed E-state index contributed by atoms with van der Waals surface area (Å²) in [5, 5.41) is 12.6. The van der Waals surface area contributed by atoms with E-state index >= 15 is 0 Å². The molecule has 29 heavy (non-hydrogen) atoms. The molecule has 2 aromatic carbocycles. The van der Waals surface area contributed by atoms with Crippen LogP contribution in [0.1, 0.15) is 11.3 Å². The van der Waals surface area contributed by atoms with Gasteiger partial charge in [0.1, 0.15) is 12.1 Å². The molecule has 2 heterocycles. The Kier molecular flexibility index (Phi) is 5.14. The van der Waals surface area contributed by atoms with E-state index in [4.69, 9.17) is 11.6 Å². The molecule has 0 atom stereocenters. The van der Waals surface area contributed by atoms with Gasteiger partial charge in [-0.05, 0) is 30.7 Å². The largest absolute Gasteiger partial charge is 0.350 e. The molecule has 0 radical (unpaired) electrons. The van der Waals surface area contributed by atoms with Gasteiger partial charge in [-0.2, -0.15) is 10.2 Å². The summed E-state index contributed by atoms with van der Waals surface area (Å²) in [6.45, 7) is 1.87. The van der Waals surface area contributed by atoms with Crippen LogP contribution in [-0.4, -0.2) is 25.5 Å². The predicted octanol–water partition coefficient (Wildman–Crippen LogP) is 2.86. The number of nitrogens with one attached hydrogen (secondary N) is 1. The lowest BCUT2D eigenvalue weighted by Crippen LogP contribution is -2.34. The number of hydrogen-bond acceptors (Lipinski definition) is 4. The summed E-state index contributed by atoms with van der Waals surface area (Å²) in [5.41, 5.74) is 2.21. The number of para-hydroxylation sites is 1. The summed E-state index contributed by atoms with van der Waals surface area (Å²) in [6, 6.07) is 16.6. The molecule has 1 N–H and O–H groups in total. The van der Waals surface area contributed by atoms with E-state index in [9.17, 15) is 9.59 Å². The van der Waals surface area contributed by atoms with Gasteiger partial charge in [0.25, 0.3) is 5.56 Å². The van der Waals surface area contributed by atoms with Crippen LogP contribution in [0.25, 0.3) is 16.6 Å². The van der Waals surface area contributed by atoms with E-state index in [2.05, 4.69) is 15.5 Å². The zero-order valence-corrected chi connectivity index (χ0v) is 16.4. The lowest BCUT2D eigenvalue weighted by Gasteiger charge is -2.10. The molecule has 0 fully saturated rings. The molecule has 0 aliphatic heterocycles. The highest BCUT2D eigenvalue weighted by atomic mass is 35.5. The Morgan fingerprint density at radius 2 is 1.83 bits per heavy atom. The zero-order chi connectivity index (χ0) is 20.4. The zero-order valence-electron chi connectivity index (χ0n) is 15.7. The van der Waals surface area contributed by atoms with Gasteiger partial charge < -0.3 is 5.32 Å². The maximum Gasteiger partial charge on any atom is 0.293 e. The summed E-state index contributed by atoms with van der Waals surface area (Å²) in [7, 11) is 0. The first kappa shape index (κ1) is 18.9. The number of benzene rings is 2. The topological polar surface area (TPSA) is 81.8 Å². The van der Waals surface area contributed by atoms with Crippen molar-refractivity contribution >= 4 is 28.4 Å². The molecule has 4 rings (SSSR count). The predicted molar refractivity (Wildman–Crippen MR) is 111 cm³/mol. The molecule has 0 unspecified atom stereocenters. The van der Waals surface area contributed by atoms with Crippen molar-refractivity contribution < 1.29 is 4.79 Å². The van der Waals surface area contributed by atoms with E-state index < -0.39 is 0 Å². The number of carbonyl (C=O) groups is 1. The fraction of sp³-hybridized carbons (Fsp3) is 0.143. The molecule has 0 aliphatic carbocycles.